The summed E-state index contributed by atoms with van der Waals surface area (Å²) in [6.07, 6.45) is 1.98. The van der Waals surface area contributed by atoms with E-state index in [0.29, 0.717) is 18.4 Å². The van der Waals surface area contributed by atoms with Crippen LogP contribution in [0.15, 0.2) is 4.52 Å². The fourth-order valence-corrected chi connectivity index (χ4v) is 1.78. The number of hydrogen-bond acceptors (Lipinski definition) is 5. The first-order valence-corrected chi connectivity index (χ1v) is 5.89. The molecule has 1 saturated heterocycles. The molecule has 1 aliphatic rings. The first kappa shape index (κ1) is 11.5. The van der Waals surface area contributed by atoms with Crippen molar-refractivity contribution in [3.8, 4) is 0 Å². The van der Waals surface area contributed by atoms with Crippen LogP contribution in [-0.4, -0.2) is 23.4 Å². The molecule has 0 radical (unpaired) electrons. The van der Waals surface area contributed by atoms with Crippen molar-refractivity contribution >= 4 is 0 Å². The lowest BCUT2D eigenvalue weighted by Gasteiger charge is -2.13. The SMILES string of the molecule is CCC(C)[C@H](N)c1nc(C2CCOC2)no1. The van der Waals surface area contributed by atoms with Crippen LogP contribution in [0.1, 0.15) is 50.4 Å². The van der Waals surface area contributed by atoms with E-state index in [1.54, 1.807) is 0 Å². The van der Waals surface area contributed by atoms with Gasteiger partial charge in [0.15, 0.2) is 5.82 Å². The average molecular weight is 225 g/mol. The van der Waals surface area contributed by atoms with Gasteiger partial charge in [-0.2, -0.15) is 4.98 Å². The van der Waals surface area contributed by atoms with Gasteiger partial charge in [-0.05, 0) is 12.3 Å². The lowest BCUT2D eigenvalue weighted by molar-refractivity contribution is 0.192. The van der Waals surface area contributed by atoms with Gasteiger partial charge in [-0.25, -0.2) is 0 Å². The van der Waals surface area contributed by atoms with Crippen LogP contribution in [0.25, 0.3) is 0 Å². The Morgan fingerprint density at radius 3 is 3.00 bits per heavy atom. The lowest BCUT2D eigenvalue weighted by atomic mass is 10.0. The smallest absolute Gasteiger partial charge is 0.243 e. The Labute approximate surface area is 95.3 Å². The molecule has 3 atom stereocenters. The van der Waals surface area contributed by atoms with Gasteiger partial charge < -0.3 is 15.0 Å². The van der Waals surface area contributed by atoms with Gasteiger partial charge in [0.25, 0.3) is 0 Å². The number of hydrogen-bond donors (Lipinski definition) is 1. The second-order valence-corrected chi connectivity index (χ2v) is 4.46. The van der Waals surface area contributed by atoms with E-state index in [-0.39, 0.29) is 12.0 Å². The first-order valence-electron chi connectivity index (χ1n) is 5.89. The van der Waals surface area contributed by atoms with E-state index in [2.05, 4.69) is 24.0 Å². The van der Waals surface area contributed by atoms with Crippen LogP contribution < -0.4 is 5.73 Å². The van der Waals surface area contributed by atoms with Crippen molar-refractivity contribution in [2.45, 2.75) is 38.6 Å². The zero-order valence-corrected chi connectivity index (χ0v) is 9.85. The van der Waals surface area contributed by atoms with Crippen molar-refractivity contribution in [1.29, 1.82) is 0 Å². The first-order chi connectivity index (χ1) is 7.72. The fourth-order valence-electron chi connectivity index (χ4n) is 1.78. The van der Waals surface area contributed by atoms with Crippen LogP contribution >= 0.6 is 0 Å². The maximum absolute atomic E-state index is 6.03. The summed E-state index contributed by atoms with van der Waals surface area (Å²) in [5.41, 5.74) is 6.03. The normalized spacial score (nSPS) is 24.6. The van der Waals surface area contributed by atoms with E-state index < -0.39 is 0 Å². The molecule has 2 unspecified atom stereocenters. The van der Waals surface area contributed by atoms with Gasteiger partial charge in [0.1, 0.15) is 0 Å². The van der Waals surface area contributed by atoms with Crippen LogP contribution in [0.5, 0.6) is 0 Å². The third-order valence-electron chi connectivity index (χ3n) is 3.29. The van der Waals surface area contributed by atoms with E-state index >= 15 is 0 Å². The number of nitrogens with two attached hydrogens (primary N) is 1. The molecule has 0 bridgehead atoms. The summed E-state index contributed by atoms with van der Waals surface area (Å²) in [6.45, 7) is 5.67. The minimum Gasteiger partial charge on any atom is -0.381 e. The van der Waals surface area contributed by atoms with Gasteiger partial charge in [0.2, 0.25) is 5.89 Å². The molecule has 90 valence electrons. The highest BCUT2D eigenvalue weighted by Crippen LogP contribution is 2.25. The van der Waals surface area contributed by atoms with Crippen molar-refractivity contribution < 1.29 is 9.26 Å². The van der Waals surface area contributed by atoms with Gasteiger partial charge in [-0.3, -0.25) is 0 Å². The van der Waals surface area contributed by atoms with Gasteiger partial charge in [-0.15, -0.1) is 0 Å². The van der Waals surface area contributed by atoms with E-state index in [4.69, 9.17) is 15.0 Å². The lowest BCUT2D eigenvalue weighted by Crippen LogP contribution is -2.19. The summed E-state index contributed by atoms with van der Waals surface area (Å²) in [4.78, 5) is 4.38. The Morgan fingerprint density at radius 1 is 1.56 bits per heavy atom. The summed E-state index contributed by atoms with van der Waals surface area (Å²) in [7, 11) is 0. The molecule has 16 heavy (non-hydrogen) atoms. The van der Waals surface area contributed by atoms with Gasteiger partial charge >= 0.3 is 0 Å². The Hall–Kier alpha value is -0.940. The quantitative estimate of drug-likeness (QED) is 0.842. The van der Waals surface area contributed by atoms with E-state index in [1.807, 2.05) is 0 Å². The molecule has 0 aliphatic carbocycles. The standard InChI is InChI=1S/C11H19N3O2/c1-3-7(2)9(12)11-13-10(14-16-11)8-4-5-15-6-8/h7-9H,3-6,12H2,1-2H3/t7?,8?,9-/m0/s1. The van der Waals surface area contributed by atoms with Crippen molar-refractivity contribution in [3.05, 3.63) is 11.7 Å². The van der Waals surface area contributed by atoms with Gasteiger partial charge in [0, 0.05) is 12.5 Å². The molecule has 5 heteroatoms. The molecular formula is C11H19N3O2. The topological polar surface area (TPSA) is 74.2 Å². The highest BCUT2D eigenvalue weighted by Gasteiger charge is 2.26. The predicted octanol–water partition coefficient (Wildman–Crippen LogP) is 1.62. The maximum Gasteiger partial charge on any atom is 0.243 e. The molecule has 1 aliphatic heterocycles. The van der Waals surface area contributed by atoms with Crippen molar-refractivity contribution in [3.63, 3.8) is 0 Å². The second kappa shape index (κ2) is 4.93. The highest BCUT2D eigenvalue weighted by atomic mass is 16.5. The average Bonchev–Trinajstić information content (AvgIpc) is 2.96. The zero-order chi connectivity index (χ0) is 11.5. The summed E-state index contributed by atoms with van der Waals surface area (Å²) < 4.78 is 10.5. The highest BCUT2D eigenvalue weighted by molar-refractivity contribution is 5.00. The molecule has 5 nitrogen and oxygen atoms in total. The van der Waals surface area contributed by atoms with Crippen molar-refractivity contribution in [2.75, 3.05) is 13.2 Å². The van der Waals surface area contributed by atoms with Crippen LogP contribution in [0, 0.1) is 5.92 Å². The third-order valence-corrected chi connectivity index (χ3v) is 3.29. The fraction of sp³-hybridized carbons (Fsp3) is 0.818. The van der Waals surface area contributed by atoms with Crippen LogP contribution in [0.2, 0.25) is 0 Å². The summed E-state index contributed by atoms with van der Waals surface area (Å²) in [5, 5.41) is 3.99. The van der Waals surface area contributed by atoms with Crippen LogP contribution in [0.3, 0.4) is 0 Å². The molecule has 0 amide bonds. The van der Waals surface area contributed by atoms with E-state index in [9.17, 15) is 0 Å². The molecular weight excluding hydrogens is 206 g/mol. The van der Waals surface area contributed by atoms with Crippen molar-refractivity contribution in [2.24, 2.45) is 11.7 Å². The monoisotopic (exact) mass is 225 g/mol. The van der Waals surface area contributed by atoms with Gasteiger partial charge in [0.05, 0.1) is 12.6 Å². The van der Waals surface area contributed by atoms with Crippen LogP contribution in [-0.2, 0) is 4.74 Å². The Kier molecular flexibility index (Phi) is 3.56. The largest absolute Gasteiger partial charge is 0.381 e. The van der Waals surface area contributed by atoms with Crippen molar-refractivity contribution in [1.82, 2.24) is 10.1 Å². The summed E-state index contributed by atoms with van der Waals surface area (Å²) in [6, 6.07) is -0.159. The Morgan fingerprint density at radius 2 is 2.38 bits per heavy atom. The maximum atomic E-state index is 6.03. The summed E-state index contributed by atoms with van der Waals surface area (Å²) in [5.74, 6) is 1.93. The second-order valence-electron chi connectivity index (χ2n) is 4.46. The molecule has 0 spiro atoms. The molecule has 2 N–H and O–H groups in total. The number of ether oxygens (including phenoxy) is 1. The molecule has 0 saturated carbocycles. The van der Waals surface area contributed by atoms with E-state index in [1.165, 1.54) is 0 Å². The summed E-state index contributed by atoms with van der Waals surface area (Å²) >= 11 is 0. The molecule has 2 heterocycles. The molecule has 2 rings (SSSR count). The minimum atomic E-state index is -0.159. The van der Waals surface area contributed by atoms with Crippen LogP contribution in [0.4, 0.5) is 0 Å². The Bertz CT molecular complexity index is 334. The predicted molar refractivity (Wildman–Crippen MR) is 58.9 cm³/mol. The third kappa shape index (κ3) is 2.25. The Balaban J connectivity index is 2.06. The number of nitrogens with zero attached hydrogens (tertiary/aromatic N) is 2. The number of rotatable bonds is 4. The zero-order valence-electron chi connectivity index (χ0n) is 9.85. The molecule has 1 aromatic heterocycles. The minimum absolute atomic E-state index is 0.159. The molecule has 1 aromatic rings. The molecule has 1 fully saturated rings. The molecule has 0 aromatic carbocycles. The van der Waals surface area contributed by atoms with Gasteiger partial charge in [-0.1, -0.05) is 25.4 Å². The van der Waals surface area contributed by atoms with E-state index in [0.717, 1.165) is 25.3 Å². The number of aromatic nitrogens is 2.